The fourth-order valence-corrected chi connectivity index (χ4v) is 2.19. The van der Waals surface area contributed by atoms with Crippen LogP contribution < -0.4 is 14.2 Å². The van der Waals surface area contributed by atoms with Gasteiger partial charge in [0.2, 0.25) is 5.75 Å². The van der Waals surface area contributed by atoms with Gasteiger partial charge in [0.15, 0.2) is 17.3 Å². The maximum atomic E-state index is 12.5. The summed E-state index contributed by atoms with van der Waals surface area (Å²) in [4.78, 5) is 12.5. The van der Waals surface area contributed by atoms with Crippen molar-refractivity contribution in [2.24, 2.45) is 0 Å². The lowest BCUT2D eigenvalue weighted by Gasteiger charge is -2.15. The lowest BCUT2D eigenvalue weighted by Crippen LogP contribution is -2.03. The number of phenols is 2. The minimum absolute atomic E-state index is 0.0230. The van der Waals surface area contributed by atoms with Gasteiger partial charge in [-0.15, -0.1) is 0 Å². The minimum atomic E-state index is -0.460. The van der Waals surface area contributed by atoms with E-state index in [4.69, 9.17) is 14.2 Å². The summed E-state index contributed by atoms with van der Waals surface area (Å²) in [6.07, 6.45) is 2.87. The number of ether oxygens (including phenoxy) is 3. The zero-order valence-electron chi connectivity index (χ0n) is 13.6. The average molecular weight is 330 g/mol. The van der Waals surface area contributed by atoms with Gasteiger partial charge in [0.25, 0.3) is 0 Å². The summed E-state index contributed by atoms with van der Waals surface area (Å²) in [6, 6.07) is 7.81. The predicted octanol–water partition coefficient (Wildman–Crippen LogP) is 3.02. The van der Waals surface area contributed by atoms with Crippen molar-refractivity contribution < 1.29 is 29.2 Å². The first-order chi connectivity index (χ1) is 11.5. The first-order valence-corrected chi connectivity index (χ1v) is 7.05. The Morgan fingerprint density at radius 3 is 2.12 bits per heavy atom. The lowest BCUT2D eigenvalue weighted by molar-refractivity contribution is 0.104. The topological polar surface area (TPSA) is 85.2 Å². The molecule has 0 atom stereocenters. The number of carbonyl (C=O) groups is 1. The fourth-order valence-electron chi connectivity index (χ4n) is 2.19. The Hall–Kier alpha value is -3.15. The predicted molar refractivity (Wildman–Crippen MR) is 89.2 cm³/mol. The summed E-state index contributed by atoms with van der Waals surface area (Å²) in [5.74, 6) is -0.193. The minimum Gasteiger partial charge on any atom is -0.508 e. The molecule has 0 bridgehead atoms. The molecule has 2 aromatic carbocycles. The summed E-state index contributed by atoms with van der Waals surface area (Å²) in [6.45, 7) is 0. The van der Waals surface area contributed by atoms with Crippen molar-refractivity contribution in [1.82, 2.24) is 0 Å². The number of aromatic hydroxyl groups is 2. The quantitative estimate of drug-likeness (QED) is 0.625. The number of phenolic OH excluding ortho intramolecular Hbond substituents is 2. The van der Waals surface area contributed by atoms with Crippen molar-refractivity contribution in [1.29, 1.82) is 0 Å². The van der Waals surface area contributed by atoms with Crippen molar-refractivity contribution in [2.75, 3.05) is 21.3 Å². The molecular formula is C18H18O6. The van der Waals surface area contributed by atoms with E-state index in [-0.39, 0.29) is 34.3 Å². The Bertz CT molecular complexity index is 762. The Morgan fingerprint density at radius 1 is 0.958 bits per heavy atom. The maximum Gasteiger partial charge on any atom is 0.204 e. The van der Waals surface area contributed by atoms with Crippen LogP contribution in [-0.2, 0) is 0 Å². The highest BCUT2D eigenvalue weighted by molar-refractivity contribution is 6.11. The normalized spacial score (nSPS) is 10.6. The van der Waals surface area contributed by atoms with Gasteiger partial charge in [-0.2, -0.15) is 0 Å². The third-order valence-electron chi connectivity index (χ3n) is 3.39. The first kappa shape index (κ1) is 17.2. The zero-order valence-corrected chi connectivity index (χ0v) is 13.6. The molecule has 0 aliphatic rings. The Balaban J connectivity index is 2.42. The van der Waals surface area contributed by atoms with Crippen LogP contribution in [0.4, 0.5) is 0 Å². The molecule has 0 fully saturated rings. The van der Waals surface area contributed by atoms with Crippen LogP contribution in [0.25, 0.3) is 6.08 Å². The third-order valence-corrected chi connectivity index (χ3v) is 3.39. The van der Waals surface area contributed by atoms with Gasteiger partial charge < -0.3 is 24.4 Å². The van der Waals surface area contributed by atoms with Crippen LogP contribution in [0.3, 0.4) is 0 Å². The molecule has 6 heteroatoms. The zero-order chi connectivity index (χ0) is 17.7. The number of ketones is 1. The molecule has 2 rings (SSSR count). The molecule has 0 saturated heterocycles. The molecule has 0 aromatic heterocycles. The number of methoxy groups -OCH3 is 3. The van der Waals surface area contributed by atoms with Crippen LogP contribution >= 0.6 is 0 Å². The van der Waals surface area contributed by atoms with Crippen molar-refractivity contribution in [3.8, 4) is 28.7 Å². The SMILES string of the molecule is COc1cc(OC)c(C(=O)/C=C/c2ccc(O)cc2)c(O)c1OC. The van der Waals surface area contributed by atoms with Gasteiger partial charge in [-0.3, -0.25) is 4.79 Å². The summed E-state index contributed by atoms with van der Waals surface area (Å²) in [5, 5.41) is 19.6. The van der Waals surface area contributed by atoms with Crippen LogP contribution in [0.5, 0.6) is 28.7 Å². The van der Waals surface area contributed by atoms with Crippen LogP contribution in [0, 0.1) is 0 Å². The molecule has 0 amide bonds. The largest absolute Gasteiger partial charge is 0.508 e. The van der Waals surface area contributed by atoms with E-state index in [9.17, 15) is 15.0 Å². The molecule has 126 valence electrons. The van der Waals surface area contributed by atoms with Crippen LogP contribution in [0.1, 0.15) is 15.9 Å². The summed E-state index contributed by atoms with van der Waals surface area (Å²) < 4.78 is 15.4. The molecule has 0 aliphatic heterocycles. The van der Waals surface area contributed by atoms with Gasteiger partial charge in [0.1, 0.15) is 17.1 Å². The van der Waals surface area contributed by atoms with Gasteiger partial charge in [0.05, 0.1) is 21.3 Å². The molecule has 2 aromatic rings. The smallest absolute Gasteiger partial charge is 0.204 e. The number of hydrogen-bond donors (Lipinski definition) is 2. The van der Waals surface area contributed by atoms with E-state index >= 15 is 0 Å². The van der Waals surface area contributed by atoms with E-state index in [0.29, 0.717) is 0 Å². The number of benzene rings is 2. The van der Waals surface area contributed by atoms with Gasteiger partial charge in [0, 0.05) is 6.07 Å². The maximum absolute atomic E-state index is 12.5. The highest BCUT2D eigenvalue weighted by Gasteiger charge is 2.23. The highest BCUT2D eigenvalue weighted by atomic mass is 16.5. The molecule has 0 saturated carbocycles. The number of rotatable bonds is 6. The monoisotopic (exact) mass is 330 g/mol. The second-order valence-corrected chi connectivity index (χ2v) is 4.83. The number of allylic oxidation sites excluding steroid dienone is 1. The third kappa shape index (κ3) is 3.43. The van der Waals surface area contributed by atoms with Crippen molar-refractivity contribution in [2.45, 2.75) is 0 Å². The van der Waals surface area contributed by atoms with Crippen molar-refractivity contribution in [3.05, 3.63) is 47.5 Å². The van der Waals surface area contributed by atoms with E-state index in [2.05, 4.69) is 0 Å². The van der Waals surface area contributed by atoms with Gasteiger partial charge in [-0.1, -0.05) is 18.2 Å². The van der Waals surface area contributed by atoms with Crippen LogP contribution in [0.15, 0.2) is 36.4 Å². The van der Waals surface area contributed by atoms with E-state index in [1.54, 1.807) is 18.2 Å². The molecule has 0 unspecified atom stereocenters. The molecule has 0 heterocycles. The van der Waals surface area contributed by atoms with E-state index in [0.717, 1.165) is 5.56 Å². The van der Waals surface area contributed by atoms with Crippen molar-refractivity contribution in [3.63, 3.8) is 0 Å². The summed E-state index contributed by atoms with van der Waals surface area (Å²) >= 11 is 0. The van der Waals surface area contributed by atoms with Gasteiger partial charge >= 0.3 is 0 Å². The van der Waals surface area contributed by atoms with Crippen molar-refractivity contribution >= 4 is 11.9 Å². The van der Waals surface area contributed by atoms with Gasteiger partial charge in [-0.25, -0.2) is 0 Å². The van der Waals surface area contributed by atoms with Crippen LogP contribution in [0.2, 0.25) is 0 Å². The van der Waals surface area contributed by atoms with E-state index in [1.165, 1.54) is 45.6 Å². The Morgan fingerprint density at radius 2 is 1.58 bits per heavy atom. The van der Waals surface area contributed by atoms with E-state index < -0.39 is 5.78 Å². The van der Waals surface area contributed by atoms with Crippen LogP contribution in [-0.4, -0.2) is 37.3 Å². The number of carbonyl (C=O) groups excluding carboxylic acids is 1. The second-order valence-electron chi connectivity index (χ2n) is 4.83. The second kappa shape index (κ2) is 7.41. The average Bonchev–Trinajstić information content (AvgIpc) is 2.59. The molecule has 2 N–H and O–H groups in total. The standard InChI is InChI=1S/C18H18O6/c1-22-14-10-15(23-2)18(24-3)17(21)16(14)13(20)9-6-11-4-7-12(19)8-5-11/h4-10,19,21H,1-3H3/b9-6+. The van der Waals surface area contributed by atoms with E-state index in [1.807, 2.05) is 0 Å². The molecule has 0 radical (unpaired) electrons. The lowest BCUT2D eigenvalue weighted by atomic mass is 10.1. The number of hydrogen-bond acceptors (Lipinski definition) is 6. The molecule has 0 spiro atoms. The first-order valence-electron chi connectivity index (χ1n) is 7.05. The summed E-state index contributed by atoms with van der Waals surface area (Å²) in [7, 11) is 4.18. The Labute approximate surface area is 139 Å². The Kier molecular flexibility index (Phi) is 5.31. The van der Waals surface area contributed by atoms with Gasteiger partial charge in [-0.05, 0) is 23.8 Å². The molecule has 0 aliphatic carbocycles. The fraction of sp³-hybridized carbons (Fsp3) is 0.167. The summed E-state index contributed by atoms with van der Waals surface area (Å²) in [5.41, 5.74) is 0.699. The highest BCUT2D eigenvalue weighted by Crippen LogP contribution is 2.44. The molecule has 24 heavy (non-hydrogen) atoms. The molecule has 6 nitrogen and oxygen atoms in total. The molecular weight excluding hydrogens is 312 g/mol.